The number of amides is 3. The molecule has 0 aliphatic carbocycles. The third kappa shape index (κ3) is 2.34. The molecule has 2 fully saturated rings. The summed E-state index contributed by atoms with van der Waals surface area (Å²) in [6.45, 7) is -0.0593. The van der Waals surface area contributed by atoms with Crippen molar-refractivity contribution in [3.8, 4) is 0 Å². The molecule has 24 heavy (non-hydrogen) atoms. The number of aromatic nitrogens is 3. The molecule has 0 spiro atoms. The van der Waals surface area contributed by atoms with Crippen LogP contribution in [0.5, 0.6) is 0 Å². The summed E-state index contributed by atoms with van der Waals surface area (Å²) in [5, 5.41) is 9.05. The predicted molar refractivity (Wildman–Crippen MR) is 79.3 cm³/mol. The highest BCUT2D eigenvalue weighted by Crippen LogP contribution is 2.29. The molecule has 0 saturated carbocycles. The molecule has 2 N–H and O–H groups in total. The minimum absolute atomic E-state index is 0.0826. The van der Waals surface area contributed by atoms with Crippen molar-refractivity contribution in [2.24, 2.45) is 0 Å². The van der Waals surface area contributed by atoms with Gasteiger partial charge in [-0.3, -0.25) is 10.1 Å². The third-order valence-corrected chi connectivity index (χ3v) is 4.26. The Labute approximate surface area is 134 Å². The summed E-state index contributed by atoms with van der Waals surface area (Å²) in [7, 11) is 0. The maximum atomic E-state index is 13.6. The zero-order valence-electron chi connectivity index (χ0n) is 12.4. The van der Waals surface area contributed by atoms with E-state index in [1.807, 2.05) is 0 Å². The number of hydrogen-bond acceptors (Lipinski definition) is 5. The number of nitrogens with one attached hydrogen (secondary N) is 2. The van der Waals surface area contributed by atoms with Crippen molar-refractivity contribution in [2.45, 2.75) is 18.3 Å². The second-order valence-corrected chi connectivity index (χ2v) is 5.84. The van der Waals surface area contributed by atoms with E-state index >= 15 is 0 Å². The number of rotatable bonds is 2. The minimum atomic E-state index is -1.56. The Balaban J connectivity index is 1.75. The first-order valence-corrected chi connectivity index (χ1v) is 7.49. The Morgan fingerprint density at radius 1 is 1.21 bits per heavy atom. The molecule has 10 heteroatoms. The first-order chi connectivity index (χ1) is 11.5. The summed E-state index contributed by atoms with van der Waals surface area (Å²) in [5.74, 6) is -1.15. The second kappa shape index (κ2) is 5.39. The number of anilines is 1. The van der Waals surface area contributed by atoms with Crippen molar-refractivity contribution in [2.75, 3.05) is 24.5 Å². The van der Waals surface area contributed by atoms with Gasteiger partial charge in [0.1, 0.15) is 0 Å². The Morgan fingerprint density at radius 2 is 1.96 bits per heavy atom. The van der Waals surface area contributed by atoms with Crippen molar-refractivity contribution in [3.63, 3.8) is 0 Å². The number of carbonyl (C=O) groups excluding carboxylic acids is 2. The van der Waals surface area contributed by atoms with Crippen LogP contribution in [0, 0.1) is 0 Å². The van der Waals surface area contributed by atoms with E-state index in [0.29, 0.717) is 17.0 Å². The molecular weight excluding hydrogens is 322 g/mol. The summed E-state index contributed by atoms with van der Waals surface area (Å²) in [4.78, 5) is 29.0. The molecule has 4 heterocycles. The molecule has 3 amide bonds. The molecule has 8 nitrogen and oxygen atoms in total. The number of urea groups is 1. The highest BCUT2D eigenvalue weighted by Gasteiger charge is 2.35. The highest BCUT2D eigenvalue weighted by molar-refractivity contribution is 6.00. The number of hydrogen-bond donors (Lipinski definition) is 2. The van der Waals surface area contributed by atoms with Gasteiger partial charge in [0.2, 0.25) is 5.91 Å². The van der Waals surface area contributed by atoms with Gasteiger partial charge in [-0.05, 0) is 6.07 Å². The topological polar surface area (TPSA) is 91.6 Å². The quantitative estimate of drug-likeness (QED) is 0.814. The Kier molecular flexibility index (Phi) is 3.32. The third-order valence-electron chi connectivity index (χ3n) is 4.26. The monoisotopic (exact) mass is 336 g/mol. The lowest BCUT2D eigenvalue weighted by Crippen LogP contribution is -2.51. The summed E-state index contributed by atoms with van der Waals surface area (Å²) in [5.41, 5.74) is 1.36. The number of alkyl halides is 2. The van der Waals surface area contributed by atoms with Crippen molar-refractivity contribution in [3.05, 3.63) is 24.2 Å². The highest BCUT2D eigenvalue weighted by atomic mass is 19.2. The van der Waals surface area contributed by atoms with Crippen LogP contribution in [0.4, 0.5) is 19.3 Å². The normalized spacial score (nSPS) is 27.4. The molecule has 0 radical (unpaired) electrons. The molecule has 2 aliphatic heterocycles. The van der Waals surface area contributed by atoms with Gasteiger partial charge in [-0.2, -0.15) is 5.10 Å². The van der Waals surface area contributed by atoms with Crippen LogP contribution >= 0.6 is 0 Å². The summed E-state index contributed by atoms with van der Waals surface area (Å²) < 4.78 is 28.6. The van der Waals surface area contributed by atoms with E-state index in [0.717, 1.165) is 0 Å². The predicted octanol–water partition coefficient (Wildman–Crippen LogP) is 0.148. The smallest absolute Gasteiger partial charge is 0.321 e. The molecular formula is C14H14F2N6O2. The number of fused-ring (bicyclic) bond motifs is 1. The molecule has 1 unspecified atom stereocenters. The number of halogens is 2. The fraction of sp³-hybridized carbons (Fsp3) is 0.429. The molecule has 2 aromatic heterocycles. The van der Waals surface area contributed by atoms with Gasteiger partial charge in [0, 0.05) is 18.9 Å². The fourth-order valence-corrected chi connectivity index (χ4v) is 3.01. The molecule has 126 valence electrons. The maximum Gasteiger partial charge on any atom is 0.321 e. The Hall–Kier alpha value is -2.78. The lowest BCUT2D eigenvalue weighted by atomic mass is 10.0. The summed E-state index contributed by atoms with van der Waals surface area (Å²) >= 11 is 0. The van der Waals surface area contributed by atoms with E-state index in [1.54, 1.807) is 17.2 Å². The van der Waals surface area contributed by atoms with E-state index in [2.05, 4.69) is 20.7 Å². The lowest BCUT2D eigenvalue weighted by Gasteiger charge is -2.24. The standard InChI is InChI=1S/C14H14F2N6O2/c15-8-5-21(6-9(8)16)11-3-10(20-22-2-1-17-12(11)22)7-4-18-14(24)19-13(7)23/h1-3,7-9H,4-6H2,(H2,18,19,23,24)/t7?,8-,9-/m1/s1. The maximum absolute atomic E-state index is 13.6. The van der Waals surface area contributed by atoms with Crippen molar-refractivity contribution >= 4 is 23.3 Å². The van der Waals surface area contributed by atoms with Crippen LogP contribution in [0.25, 0.3) is 5.65 Å². The largest absolute Gasteiger partial charge is 0.362 e. The number of imidazole rings is 1. The van der Waals surface area contributed by atoms with Gasteiger partial charge < -0.3 is 10.2 Å². The molecule has 3 atom stereocenters. The van der Waals surface area contributed by atoms with Crippen LogP contribution in [0.2, 0.25) is 0 Å². The Morgan fingerprint density at radius 3 is 2.67 bits per heavy atom. The van der Waals surface area contributed by atoms with Crippen LogP contribution in [0.3, 0.4) is 0 Å². The van der Waals surface area contributed by atoms with Crippen molar-refractivity contribution < 1.29 is 18.4 Å². The molecule has 4 rings (SSSR count). The summed E-state index contributed by atoms with van der Waals surface area (Å²) in [6.07, 6.45) is -0.00552. The van der Waals surface area contributed by atoms with Crippen LogP contribution in [-0.2, 0) is 4.79 Å². The fourth-order valence-electron chi connectivity index (χ4n) is 3.01. The number of imide groups is 1. The Bertz CT molecular complexity index is 815. The molecule has 2 aromatic rings. The van der Waals surface area contributed by atoms with Crippen LogP contribution in [0.15, 0.2) is 18.5 Å². The molecule has 2 saturated heterocycles. The zero-order valence-corrected chi connectivity index (χ0v) is 12.4. The van der Waals surface area contributed by atoms with Gasteiger partial charge in [0.25, 0.3) is 0 Å². The van der Waals surface area contributed by atoms with E-state index in [4.69, 9.17) is 0 Å². The van der Waals surface area contributed by atoms with Crippen molar-refractivity contribution in [1.82, 2.24) is 25.2 Å². The summed E-state index contributed by atoms with van der Waals surface area (Å²) in [6, 6.07) is 1.05. The molecule has 0 aromatic carbocycles. The van der Waals surface area contributed by atoms with E-state index < -0.39 is 30.2 Å². The minimum Gasteiger partial charge on any atom is -0.362 e. The van der Waals surface area contributed by atoms with E-state index in [1.165, 1.54) is 10.7 Å². The first kappa shape index (κ1) is 14.8. The van der Waals surface area contributed by atoms with Crippen LogP contribution < -0.4 is 15.5 Å². The van der Waals surface area contributed by atoms with E-state index in [9.17, 15) is 18.4 Å². The average molecular weight is 336 g/mol. The average Bonchev–Trinajstić information content (AvgIpc) is 3.13. The van der Waals surface area contributed by atoms with Gasteiger partial charge >= 0.3 is 6.03 Å². The van der Waals surface area contributed by atoms with Crippen LogP contribution in [0.1, 0.15) is 11.6 Å². The van der Waals surface area contributed by atoms with Gasteiger partial charge in [-0.15, -0.1) is 0 Å². The SMILES string of the molecule is O=C1NCC(c2cc(N3C[C@@H](F)[C@H](F)C3)c3nccn3n2)C(=O)N1. The van der Waals surface area contributed by atoms with Crippen LogP contribution in [-0.4, -0.2) is 58.5 Å². The number of nitrogens with zero attached hydrogens (tertiary/aromatic N) is 4. The van der Waals surface area contributed by atoms with Gasteiger partial charge in [-0.1, -0.05) is 0 Å². The number of carbonyl (C=O) groups is 2. The van der Waals surface area contributed by atoms with Gasteiger partial charge in [0.15, 0.2) is 18.0 Å². The first-order valence-electron chi connectivity index (χ1n) is 7.49. The second-order valence-electron chi connectivity index (χ2n) is 5.84. The molecule has 0 bridgehead atoms. The van der Waals surface area contributed by atoms with Gasteiger partial charge in [0.05, 0.1) is 30.4 Å². The van der Waals surface area contributed by atoms with Crippen molar-refractivity contribution in [1.29, 1.82) is 0 Å². The molecule has 2 aliphatic rings. The van der Waals surface area contributed by atoms with E-state index in [-0.39, 0.29) is 19.6 Å². The van der Waals surface area contributed by atoms with Gasteiger partial charge in [-0.25, -0.2) is 23.1 Å². The lowest BCUT2D eigenvalue weighted by molar-refractivity contribution is -0.122. The zero-order chi connectivity index (χ0) is 16.8.